The third kappa shape index (κ3) is 5.84. The molecule has 41 heavy (non-hydrogen) atoms. The van der Waals surface area contributed by atoms with Crippen LogP contribution in [0.2, 0.25) is 0 Å². The molecule has 0 aliphatic carbocycles. The number of aromatic nitrogens is 4. The van der Waals surface area contributed by atoms with Crippen LogP contribution in [0.1, 0.15) is 56.1 Å². The van der Waals surface area contributed by atoms with Crippen LogP contribution in [0.15, 0.2) is 85.1 Å². The van der Waals surface area contributed by atoms with Crippen LogP contribution in [0, 0.1) is 0 Å². The number of fused-ring (bicyclic) bond motifs is 2. The topological polar surface area (TPSA) is 110 Å². The Morgan fingerprint density at radius 3 is 2.44 bits per heavy atom. The van der Waals surface area contributed by atoms with E-state index in [2.05, 4.69) is 20.6 Å². The summed E-state index contributed by atoms with van der Waals surface area (Å²) < 4.78 is 1.53. The maximum atomic E-state index is 14.3. The highest BCUT2D eigenvalue weighted by Crippen LogP contribution is 2.31. The molecule has 3 aromatic carbocycles. The minimum absolute atomic E-state index is 0.0930. The summed E-state index contributed by atoms with van der Waals surface area (Å²) in [6.45, 7) is 7.23. The second-order valence-electron chi connectivity index (χ2n) is 10.7. The van der Waals surface area contributed by atoms with Crippen molar-refractivity contribution < 1.29 is 14.4 Å². The standard InChI is InChI=1S/C32H32N6O3/c1-5-32(3,4)34-31(41)30(24-14-17-26-23(19-24)9-8-18-33-26)38(25-15-12-22(13-16-25)21(2)39)29(40)20-37-28-11-7-6-10-27(28)35-36-37/h6-19,30H,5,20H2,1-4H3,(H,34,41). The Morgan fingerprint density at radius 2 is 1.71 bits per heavy atom. The van der Waals surface area contributed by atoms with Gasteiger partial charge in [-0.1, -0.05) is 36.4 Å². The van der Waals surface area contributed by atoms with Crippen LogP contribution < -0.4 is 10.2 Å². The molecule has 0 aliphatic heterocycles. The zero-order valence-corrected chi connectivity index (χ0v) is 23.5. The Kier molecular flexibility index (Phi) is 7.61. The largest absolute Gasteiger partial charge is 0.349 e. The van der Waals surface area contributed by atoms with E-state index in [1.165, 1.54) is 16.5 Å². The molecular weight excluding hydrogens is 516 g/mol. The molecule has 2 amide bonds. The van der Waals surface area contributed by atoms with Crippen LogP contribution in [0.4, 0.5) is 5.69 Å². The SMILES string of the molecule is CCC(C)(C)NC(=O)C(c1ccc2ncccc2c1)N(C(=O)Cn1nnc2ccccc21)c1ccc(C(C)=O)cc1. The van der Waals surface area contributed by atoms with Crippen molar-refractivity contribution in [3.05, 3.63) is 96.2 Å². The lowest BCUT2D eigenvalue weighted by molar-refractivity contribution is -0.128. The molecule has 1 atom stereocenters. The number of hydrogen-bond donors (Lipinski definition) is 1. The predicted molar refractivity (Wildman–Crippen MR) is 158 cm³/mol. The van der Waals surface area contributed by atoms with Gasteiger partial charge in [0.2, 0.25) is 11.8 Å². The van der Waals surface area contributed by atoms with Crippen LogP contribution in [0.25, 0.3) is 21.9 Å². The Hall–Kier alpha value is -4.92. The first-order valence-electron chi connectivity index (χ1n) is 13.5. The number of ketones is 1. The number of nitrogens with zero attached hydrogens (tertiary/aromatic N) is 5. The van der Waals surface area contributed by atoms with E-state index in [0.29, 0.717) is 34.3 Å². The van der Waals surface area contributed by atoms with Crippen molar-refractivity contribution in [1.82, 2.24) is 25.3 Å². The Labute approximate surface area is 238 Å². The predicted octanol–water partition coefficient (Wildman–Crippen LogP) is 5.26. The fraction of sp³-hybridized carbons (Fsp3) is 0.250. The molecule has 2 heterocycles. The summed E-state index contributed by atoms with van der Waals surface area (Å²) in [4.78, 5) is 46.3. The minimum Gasteiger partial charge on any atom is -0.349 e. The highest BCUT2D eigenvalue weighted by Gasteiger charge is 2.35. The summed E-state index contributed by atoms with van der Waals surface area (Å²) in [6.07, 6.45) is 2.41. The van der Waals surface area contributed by atoms with E-state index in [1.54, 1.807) is 30.5 Å². The van der Waals surface area contributed by atoms with Gasteiger partial charge in [-0.05, 0) is 87.4 Å². The lowest BCUT2D eigenvalue weighted by Gasteiger charge is -2.34. The normalized spacial score (nSPS) is 12.3. The molecule has 1 N–H and O–H groups in total. The fourth-order valence-electron chi connectivity index (χ4n) is 4.70. The molecule has 0 radical (unpaired) electrons. The van der Waals surface area contributed by atoms with Crippen LogP contribution in [-0.4, -0.2) is 43.1 Å². The van der Waals surface area contributed by atoms with Crippen LogP contribution >= 0.6 is 0 Å². The number of carbonyl (C=O) groups excluding carboxylic acids is 3. The maximum absolute atomic E-state index is 14.3. The van der Waals surface area contributed by atoms with Gasteiger partial charge in [0.1, 0.15) is 18.1 Å². The number of pyridine rings is 1. The van der Waals surface area contributed by atoms with Crippen molar-refractivity contribution in [2.24, 2.45) is 0 Å². The van der Waals surface area contributed by atoms with E-state index in [1.807, 2.05) is 75.4 Å². The summed E-state index contributed by atoms with van der Waals surface area (Å²) >= 11 is 0. The maximum Gasteiger partial charge on any atom is 0.249 e. The van der Waals surface area contributed by atoms with E-state index in [-0.39, 0.29) is 24.1 Å². The molecular formula is C32H32N6O3. The molecule has 0 aliphatic rings. The quantitative estimate of drug-likeness (QED) is 0.252. The van der Waals surface area contributed by atoms with Gasteiger partial charge in [-0.25, -0.2) is 4.68 Å². The van der Waals surface area contributed by atoms with E-state index >= 15 is 0 Å². The summed E-state index contributed by atoms with van der Waals surface area (Å²) in [5, 5.41) is 12.4. The lowest BCUT2D eigenvalue weighted by Crippen LogP contribution is -2.51. The van der Waals surface area contributed by atoms with Gasteiger partial charge in [0.05, 0.1) is 11.0 Å². The first-order valence-corrected chi connectivity index (χ1v) is 13.5. The molecule has 1 unspecified atom stereocenters. The van der Waals surface area contributed by atoms with Gasteiger partial charge in [0, 0.05) is 28.4 Å². The Morgan fingerprint density at radius 1 is 0.951 bits per heavy atom. The fourth-order valence-corrected chi connectivity index (χ4v) is 4.70. The van der Waals surface area contributed by atoms with Crippen molar-refractivity contribution in [2.45, 2.75) is 52.2 Å². The van der Waals surface area contributed by atoms with Gasteiger partial charge in [-0.3, -0.25) is 24.3 Å². The van der Waals surface area contributed by atoms with Gasteiger partial charge >= 0.3 is 0 Å². The smallest absolute Gasteiger partial charge is 0.249 e. The van der Waals surface area contributed by atoms with Crippen molar-refractivity contribution in [3.8, 4) is 0 Å². The average molecular weight is 549 g/mol. The number of hydrogen-bond acceptors (Lipinski definition) is 6. The number of anilines is 1. The van der Waals surface area contributed by atoms with E-state index < -0.39 is 11.6 Å². The zero-order valence-electron chi connectivity index (χ0n) is 23.5. The van der Waals surface area contributed by atoms with E-state index in [4.69, 9.17) is 0 Å². The van der Waals surface area contributed by atoms with E-state index in [9.17, 15) is 14.4 Å². The Bertz CT molecular complexity index is 1740. The first-order chi connectivity index (χ1) is 19.7. The lowest BCUT2D eigenvalue weighted by atomic mass is 9.97. The third-order valence-corrected chi connectivity index (χ3v) is 7.32. The first kappa shape index (κ1) is 27.6. The summed E-state index contributed by atoms with van der Waals surface area (Å²) in [7, 11) is 0. The summed E-state index contributed by atoms with van der Waals surface area (Å²) in [6, 6.07) is 22.4. The molecule has 0 fully saturated rings. The molecule has 0 saturated carbocycles. The molecule has 5 aromatic rings. The second kappa shape index (κ2) is 11.3. The van der Waals surface area contributed by atoms with Gasteiger partial charge in [-0.15, -0.1) is 5.10 Å². The number of carbonyl (C=O) groups is 3. The molecule has 9 heteroatoms. The molecule has 208 valence electrons. The zero-order chi connectivity index (χ0) is 29.1. The van der Waals surface area contributed by atoms with Gasteiger partial charge in [0.15, 0.2) is 5.78 Å². The Balaban J connectivity index is 1.65. The summed E-state index contributed by atoms with van der Waals surface area (Å²) in [5.74, 6) is -0.783. The second-order valence-corrected chi connectivity index (χ2v) is 10.7. The molecule has 0 saturated heterocycles. The third-order valence-electron chi connectivity index (χ3n) is 7.32. The van der Waals surface area contributed by atoms with Crippen molar-refractivity contribution in [1.29, 1.82) is 0 Å². The van der Waals surface area contributed by atoms with Crippen LogP contribution in [0.5, 0.6) is 0 Å². The number of para-hydroxylation sites is 1. The molecule has 9 nitrogen and oxygen atoms in total. The van der Waals surface area contributed by atoms with Crippen LogP contribution in [0.3, 0.4) is 0 Å². The monoisotopic (exact) mass is 548 g/mol. The molecule has 0 bridgehead atoms. The highest BCUT2D eigenvalue weighted by molar-refractivity contribution is 6.03. The number of nitrogens with one attached hydrogen (secondary N) is 1. The van der Waals surface area contributed by atoms with Crippen molar-refractivity contribution in [3.63, 3.8) is 0 Å². The molecule has 0 spiro atoms. The van der Waals surface area contributed by atoms with Gasteiger partial charge in [0.25, 0.3) is 0 Å². The van der Waals surface area contributed by atoms with Gasteiger partial charge in [-0.2, -0.15) is 0 Å². The summed E-state index contributed by atoms with van der Waals surface area (Å²) in [5.41, 5.74) is 3.25. The highest BCUT2D eigenvalue weighted by atomic mass is 16.2. The van der Waals surface area contributed by atoms with Crippen molar-refractivity contribution >= 4 is 45.2 Å². The minimum atomic E-state index is -1.02. The average Bonchev–Trinajstić information content (AvgIpc) is 3.37. The number of rotatable bonds is 9. The van der Waals surface area contributed by atoms with E-state index in [0.717, 1.165) is 10.9 Å². The number of Topliss-reactive ketones (excluding diaryl/α,β-unsaturated/α-hetero) is 1. The van der Waals surface area contributed by atoms with Crippen LogP contribution in [-0.2, 0) is 16.1 Å². The van der Waals surface area contributed by atoms with Gasteiger partial charge < -0.3 is 5.32 Å². The number of amides is 2. The molecule has 2 aromatic heterocycles. The number of benzene rings is 3. The van der Waals surface area contributed by atoms with Crippen molar-refractivity contribution in [2.75, 3.05) is 4.90 Å². The molecule has 5 rings (SSSR count).